The van der Waals surface area contributed by atoms with Gasteiger partial charge in [-0.2, -0.15) is 0 Å². The topological polar surface area (TPSA) is 112 Å². The van der Waals surface area contributed by atoms with Gasteiger partial charge >= 0.3 is 5.97 Å². The van der Waals surface area contributed by atoms with E-state index in [-0.39, 0.29) is 4.90 Å². The van der Waals surface area contributed by atoms with Crippen molar-refractivity contribution in [3.63, 3.8) is 0 Å². The number of benzene rings is 2. The van der Waals surface area contributed by atoms with Crippen LogP contribution in [-0.2, 0) is 10.0 Å². The Kier molecular flexibility index (Phi) is 4.43. The highest BCUT2D eigenvalue weighted by Crippen LogP contribution is 2.23. The van der Waals surface area contributed by atoms with Crippen LogP contribution in [0.2, 0.25) is 0 Å². The summed E-state index contributed by atoms with van der Waals surface area (Å²) < 4.78 is 54.1. The van der Waals surface area contributed by atoms with Gasteiger partial charge in [-0.15, -0.1) is 0 Å². The summed E-state index contributed by atoms with van der Waals surface area (Å²) in [5.41, 5.74) is -0.937. The molecule has 0 atom stereocenters. The third kappa shape index (κ3) is 3.40. The molecule has 0 bridgehead atoms. The van der Waals surface area contributed by atoms with E-state index in [0.717, 1.165) is 0 Å². The first kappa shape index (κ1) is 17.5. The molecule has 3 rings (SSSR count). The number of hydrogen-bond donors (Lipinski definition) is 3. The molecule has 3 aromatic rings. The smallest absolute Gasteiger partial charge is 0.341 e. The van der Waals surface area contributed by atoms with Crippen LogP contribution in [0.25, 0.3) is 11.4 Å². The molecule has 0 radical (unpaired) electrons. The van der Waals surface area contributed by atoms with Crippen molar-refractivity contribution in [2.45, 2.75) is 4.90 Å². The Morgan fingerprint density at radius 1 is 1.12 bits per heavy atom. The number of anilines is 1. The average Bonchev–Trinajstić information content (AvgIpc) is 3.08. The normalized spacial score (nSPS) is 11.3. The Hall–Kier alpha value is -3.27. The number of halogens is 2. The minimum absolute atomic E-state index is 0.143. The predicted octanol–water partition coefficient (Wildman–Crippen LogP) is 2.85. The summed E-state index contributed by atoms with van der Waals surface area (Å²) in [5.74, 6) is -4.01. The van der Waals surface area contributed by atoms with Gasteiger partial charge in [-0.25, -0.2) is 27.0 Å². The molecular weight excluding hydrogens is 368 g/mol. The third-order valence-electron chi connectivity index (χ3n) is 3.44. The summed E-state index contributed by atoms with van der Waals surface area (Å²) in [6.45, 7) is 0. The molecule has 26 heavy (non-hydrogen) atoms. The largest absolute Gasteiger partial charge is 0.477 e. The van der Waals surface area contributed by atoms with Crippen LogP contribution in [0, 0.1) is 11.6 Å². The number of rotatable bonds is 5. The molecule has 0 spiro atoms. The molecule has 0 aliphatic rings. The first-order valence-corrected chi connectivity index (χ1v) is 8.61. The third-order valence-corrected chi connectivity index (χ3v) is 4.84. The number of aromatic carboxylic acids is 1. The molecule has 0 aliphatic carbocycles. The molecule has 0 unspecified atom stereocenters. The van der Waals surface area contributed by atoms with E-state index >= 15 is 0 Å². The number of aromatic nitrogens is 2. The number of nitrogens with zero attached hydrogens (tertiary/aromatic N) is 1. The zero-order valence-corrected chi connectivity index (χ0v) is 13.7. The van der Waals surface area contributed by atoms with Crippen molar-refractivity contribution in [3.05, 3.63) is 66.0 Å². The highest BCUT2D eigenvalue weighted by Gasteiger charge is 2.21. The van der Waals surface area contributed by atoms with E-state index in [2.05, 4.69) is 9.97 Å². The van der Waals surface area contributed by atoms with Crippen molar-refractivity contribution >= 4 is 21.7 Å². The van der Waals surface area contributed by atoms with E-state index in [0.29, 0.717) is 23.5 Å². The quantitative estimate of drug-likeness (QED) is 0.631. The van der Waals surface area contributed by atoms with E-state index in [1.807, 2.05) is 4.72 Å². The Balaban J connectivity index is 1.88. The van der Waals surface area contributed by atoms with E-state index in [9.17, 15) is 22.0 Å². The van der Waals surface area contributed by atoms with Crippen molar-refractivity contribution in [1.29, 1.82) is 0 Å². The molecule has 1 heterocycles. The van der Waals surface area contributed by atoms with Gasteiger partial charge in [0.05, 0.1) is 10.6 Å². The number of H-pyrrole nitrogens is 1. The maximum atomic E-state index is 13.7. The molecule has 2 aromatic carbocycles. The van der Waals surface area contributed by atoms with Crippen molar-refractivity contribution in [3.8, 4) is 11.4 Å². The number of sulfonamides is 1. The van der Waals surface area contributed by atoms with Crippen LogP contribution < -0.4 is 4.72 Å². The Morgan fingerprint density at radius 2 is 1.73 bits per heavy atom. The Morgan fingerprint density at radius 3 is 2.23 bits per heavy atom. The number of aromatic amines is 1. The molecule has 1 aromatic heterocycles. The maximum Gasteiger partial charge on any atom is 0.341 e. The van der Waals surface area contributed by atoms with Gasteiger partial charge in [0, 0.05) is 18.0 Å². The van der Waals surface area contributed by atoms with Crippen LogP contribution in [0.5, 0.6) is 0 Å². The van der Waals surface area contributed by atoms with E-state index in [1.165, 1.54) is 24.3 Å². The van der Waals surface area contributed by atoms with E-state index in [1.54, 1.807) is 12.4 Å². The number of carbonyl (C=O) groups is 1. The fraction of sp³-hybridized carbons (Fsp3) is 0. The second-order valence-electron chi connectivity index (χ2n) is 5.19. The number of nitrogens with one attached hydrogen (secondary N) is 2. The standard InChI is InChI=1S/C16H11F2N3O4S/c17-12-7-10(8-13(18)14(12)16(22)23)21-26(24,25)11-3-1-9(2-4-11)15-19-5-6-20-15/h1-8,21H,(H,19,20)(H,22,23). The fourth-order valence-electron chi connectivity index (χ4n) is 2.27. The summed E-state index contributed by atoms with van der Waals surface area (Å²) >= 11 is 0. The summed E-state index contributed by atoms with van der Waals surface area (Å²) in [6.07, 6.45) is 3.16. The molecule has 0 fully saturated rings. The van der Waals surface area contributed by atoms with Gasteiger partial charge < -0.3 is 10.1 Å². The van der Waals surface area contributed by atoms with Crippen LogP contribution in [0.3, 0.4) is 0 Å². The van der Waals surface area contributed by atoms with E-state index < -0.39 is 38.9 Å². The average molecular weight is 379 g/mol. The fourth-order valence-corrected chi connectivity index (χ4v) is 3.31. The monoisotopic (exact) mass is 379 g/mol. The lowest BCUT2D eigenvalue weighted by Crippen LogP contribution is -2.14. The maximum absolute atomic E-state index is 13.7. The molecule has 0 aliphatic heterocycles. The minimum atomic E-state index is -4.13. The van der Waals surface area contributed by atoms with Gasteiger partial charge in [-0.3, -0.25) is 4.72 Å². The van der Waals surface area contributed by atoms with Crippen molar-refractivity contribution in [1.82, 2.24) is 9.97 Å². The van der Waals surface area contributed by atoms with Crippen LogP contribution in [0.4, 0.5) is 14.5 Å². The highest BCUT2D eigenvalue weighted by atomic mass is 32.2. The SMILES string of the molecule is O=C(O)c1c(F)cc(NS(=O)(=O)c2ccc(-c3ncc[nH]3)cc2)cc1F. The lowest BCUT2D eigenvalue weighted by molar-refractivity contribution is 0.0686. The molecule has 134 valence electrons. The molecular formula is C16H11F2N3O4S. The van der Waals surface area contributed by atoms with E-state index in [4.69, 9.17) is 5.11 Å². The van der Waals surface area contributed by atoms with Crippen LogP contribution >= 0.6 is 0 Å². The van der Waals surface area contributed by atoms with Crippen LogP contribution in [-0.4, -0.2) is 29.5 Å². The van der Waals surface area contributed by atoms with Crippen molar-refractivity contribution in [2.24, 2.45) is 0 Å². The summed E-state index contributed by atoms with van der Waals surface area (Å²) in [6, 6.07) is 6.84. The summed E-state index contributed by atoms with van der Waals surface area (Å²) in [7, 11) is -4.13. The van der Waals surface area contributed by atoms with Gasteiger partial charge in [0.2, 0.25) is 0 Å². The Bertz CT molecular complexity index is 1040. The zero-order valence-electron chi connectivity index (χ0n) is 12.9. The first-order chi connectivity index (χ1) is 12.3. The molecule has 0 saturated carbocycles. The second kappa shape index (κ2) is 6.56. The van der Waals surface area contributed by atoms with Gasteiger partial charge in [-0.05, 0) is 36.4 Å². The molecule has 10 heteroatoms. The Labute approximate surface area is 146 Å². The summed E-state index contributed by atoms with van der Waals surface area (Å²) in [4.78, 5) is 17.5. The number of hydrogen-bond acceptors (Lipinski definition) is 4. The van der Waals surface area contributed by atoms with Gasteiger partial charge in [0.25, 0.3) is 10.0 Å². The lowest BCUT2D eigenvalue weighted by atomic mass is 10.2. The zero-order chi connectivity index (χ0) is 18.9. The van der Waals surface area contributed by atoms with Crippen LogP contribution in [0.15, 0.2) is 53.7 Å². The molecule has 0 amide bonds. The van der Waals surface area contributed by atoms with Crippen molar-refractivity contribution in [2.75, 3.05) is 4.72 Å². The highest BCUT2D eigenvalue weighted by molar-refractivity contribution is 7.92. The van der Waals surface area contributed by atoms with Gasteiger partial charge in [0.1, 0.15) is 23.0 Å². The summed E-state index contributed by atoms with van der Waals surface area (Å²) in [5, 5.41) is 8.73. The predicted molar refractivity (Wildman–Crippen MR) is 88.1 cm³/mol. The first-order valence-electron chi connectivity index (χ1n) is 7.13. The molecule has 3 N–H and O–H groups in total. The van der Waals surface area contributed by atoms with Gasteiger partial charge in [-0.1, -0.05) is 0 Å². The van der Waals surface area contributed by atoms with Crippen LogP contribution in [0.1, 0.15) is 10.4 Å². The molecule has 7 nitrogen and oxygen atoms in total. The number of imidazole rings is 1. The van der Waals surface area contributed by atoms with Gasteiger partial charge in [0.15, 0.2) is 0 Å². The molecule has 0 saturated heterocycles. The lowest BCUT2D eigenvalue weighted by Gasteiger charge is -2.10. The number of carboxylic acids is 1. The number of carboxylic acid groups (broad SMARTS) is 1. The minimum Gasteiger partial charge on any atom is -0.477 e. The van der Waals surface area contributed by atoms with Crippen molar-refractivity contribution < 1.29 is 27.1 Å². The second-order valence-corrected chi connectivity index (χ2v) is 6.87.